The number of nitrogens with zero attached hydrogens (tertiary/aromatic N) is 2. The molecule has 2 heterocycles. The summed E-state index contributed by atoms with van der Waals surface area (Å²) >= 11 is 0. The van der Waals surface area contributed by atoms with Crippen molar-refractivity contribution in [1.29, 1.82) is 0 Å². The summed E-state index contributed by atoms with van der Waals surface area (Å²) in [5, 5.41) is 0. The number of alkyl halides is 6. The number of benzene rings is 2. The molecule has 0 amide bonds. The van der Waals surface area contributed by atoms with E-state index >= 15 is 0 Å². The van der Waals surface area contributed by atoms with Gasteiger partial charge >= 0.3 is 12.4 Å². The summed E-state index contributed by atoms with van der Waals surface area (Å²) in [6.07, 6.45) is -6.92. The predicted octanol–water partition coefficient (Wildman–Crippen LogP) is 6.25. The number of aromatic amines is 1. The minimum Gasteiger partial charge on any atom is -0.343 e. The summed E-state index contributed by atoms with van der Waals surface area (Å²) in [7, 11) is -3.50. The monoisotopic (exact) mass is 511 g/mol. The van der Waals surface area contributed by atoms with Gasteiger partial charge in [-0.15, -0.1) is 0 Å². The molecule has 0 aliphatic carbocycles. The van der Waals surface area contributed by atoms with Crippen molar-refractivity contribution in [3.8, 4) is 34.0 Å². The summed E-state index contributed by atoms with van der Waals surface area (Å²) < 4.78 is 103. The van der Waals surface area contributed by atoms with E-state index in [0.29, 0.717) is 5.56 Å². The number of pyridine rings is 1. The number of hydrogen-bond donors (Lipinski definition) is 1. The predicted molar refractivity (Wildman–Crippen MR) is 116 cm³/mol. The zero-order valence-electron chi connectivity index (χ0n) is 17.7. The van der Waals surface area contributed by atoms with E-state index in [1.54, 1.807) is 6.07 Å². The van der Waals surface area contributed by atoms with Gasteiger partial charge in [0.2, 0.25) is 0 Å². The Balaban J connectivity index is 1.78. The van der Waals surface area contributed by atoms with E-state index in [0.717, 1.165) is 42.7 Å². The number of halogens is 6. The Kier molecular flexibility index (Phi) is 5.95. The Morgan fingerprint density at radius 1 is 0.714 bits per heavy atom. The lowest BCUT2D eigenvalue weighted by Gasteiger charge is -2.12. The molecule has 5 nitrogen and oxygen atoms in total. The van der Waals surface area contributed by atoms with Crippen LogP contribution in [0.4, 0.5) is 26.3 Å². The smallest absolute Gasteiger partial charge is 0.343 e. The van der Waals surface area contributed by atoms with Crippen molar-refractivity contribution in [2.45, 2.75) is 17.2 Å². The largest absolute Gasteiger partial charge is 0.416 e. The van der Waals surface area contributed by atoms with E-state index in [1.165, 1.54) is 24.4 Å². The van der Waals surface area contributed by atoms with E-state index in [4.69, 9.17) is 0 Å². The topological polar surface area (TPSA) is 75.7 Å². The van der Waals surface area contributed by atoms with Crippen LogP contribution < -0.4 is 0 Å². The number of imidazole rings is 1. The zero-order chi connectivity index (χ0) is 25.6. The van der Waals surface area contributed by atoms with Gasteiger partial charge in [0.05, 0.1) is 27.4 Å². The fourth-order valence-electron chi connectivity index (χ4n) is 3.28. The van der Waals surface area contributed by atoms with Gasteiger partial charge in [0.25, 0.3) is 0 Å². The fraction of sp³-hybridized carbons (Fsp3) is 0.130. The molecule has 1 N–H and O–H groups in total. The van der Waals surface area contributed by atoms with E-state index in [1.807, 2.05) is 0 Å². The Morgan fingerprint density at radius 3 is 1.94 bits per heavy atom. The lowest BCUT2D eigenvalue weighted by atomic mass is 10.1. The van der Waals surface area contributed by atoms with Crippen LogP contribution in [0.3, 0.4) is 0 Å². The van der Waals surface area contributed by atoms with Crippen LogP contribution in [0, 0.1) is 0 Å². The second kappa shape index (κ2) is 8.52. The molecule has 35 heavy (non-hydrogen) atoms. The normalized spacial score (nSPS) is 12.7. The molecule has 182 valence electrons. The fourth-order valence-corrected chi connectivity index (χ4v) is 3.95. The number of hydrogen-bond acceptors (Lipinski definition) is 4. The molecule has 0 unspecified atom stereocenters. The highest BCUT2D eigenvalue weighted by atomic mass is 32.2. The maximum Gasteiger partial charge on any atom is 0.416 e. The van der Waals surface area contributed by atoms with Crippen LogP contribution in [-0.2, 0) is 22.2 Å². The average molecular weight is 511 g/mol. The Morgan fingerprint density at radius 2 is 1.34 bits per heavy atom. The molecule has 4 rings (SSSR count). The Bertz CT molecular complexity index is 1490. The molecule has 0 saturated heterocycles. The highest BCUT2D eigenvalue weighted by Crippen LogP contribution is 2.36. The summed E-state index contributed by atoms with van der Waals surface area (Å²) in [5.74, 6) is -0.0379. The number of nitrogens with one attached hydrogen (secondary N) is 1. The second-order valence-corrected chi connectivity index (χ2v) is 9.65. The van der Waals surface area contributed by atoms with Crippen LogP contribution >= 0.6 is 0 Å². The molecule has 0 atom stereocenters. The summed E-state index contributed by atoms with van der Waals surface area (Å²) in [6, 6.07) is 11.0. The van der Waals surface area contributed by atoms with Crippen molar-refractivity contribution in [3.05, 3.63) is 78.0 Å². The van der Waals surface area contributed by atoms with E-state index < -0.39 is 33.3 Å². The Labute approximate surface area is 195 Å². The minimum atomic E-state index is -4.75. The average Bonchev–Trinajstić information content (AvgIpc) is 3.28. The number of H-pyrrole nitrogens is 1. The molecular weight excluding hydrogens is 496 g/mol. The first kappa shape index (κ1) is 24.5. The molecular formula is C23H15F6N3O2S. The van der Waals surface area contributed by atoms with Gasteiger partial charge < -0.3 is 4.98 Å². The number of sulfone groups is 1. The molecule has 0 spiro atoms. The molecule has 0 aliphatic heterocycles. The van der Waals surface area contributed by atoms with Gasteiger partial charge in [-0.3, -0.25) is 0 Å². The van der Waals surface area contributed by atoms with E-state index in [9.17, 15) is 34.8 Å². The summed E-state index contributed by atoms with van der Waals surface area (Å²) in [4.78, 5) is 11.2. The van der Waals surface area contributed by atoms with Crippen LogP contribution in [0.1, 0.15) is 11.1 Å². The van der Waals surface area contributed by atoms with Crippen LogP contribution in [0.5, 0.6) is 0 Å². The first-order valence-electron chi connectivity index (χ1n) is 9.85. The maximum absolute atomic E-state index is 13.6. The third-order valence-corrected chi connectivity index (χ3v) is 6.15. The maximum atomic E-state index is 13.6. The van der Waals surface area contributed by atoms with E-state index in [-0.39, 0.29) is 33.4 Å². The van der Waals surface area contributed by atoms with Crippen molar-refractivity contribution in [2.75, 3.05) is 6.26 Å². The van der Waals surface area contributed by atoms with Crippen LogP contribution in [-0.4, -0.2) is 29.6 Å². The van der Waals surface area contributed by atoms with Crippen LogP contribution in [0.25, 0.3) is 34.0 Å². The van der Waals surface area contributed by atoms with Crippen molar-refractivity contribution < 1.29 is 34.8 Å². The molecule has 0 bridgehead atoms. The first-order valence-corrected chi connectivity index (χ1v) is 11.7. The number of aromatic nitrogens is 3. The summed E-state index contributed by atoms with van der Waals surface area (Å²) in [5.41, 5.74) is -1.67. The molecule has 4 aromatic rings. The third kappa shape index (κ3) is 5.37. The van der Waals surface area contributed by atoms with Crippen LogP contribution in [0.15, 0.2) is 71.8 Å². The first-order chi connectivity index (χ1) is 16.2. The van der Waals surface area contributed by atoms with Gasteiger partial charge in [0.1, 0.15) is 5.69 Å². The van der Waals surface area contributed by atoms with Gasteiger partial charge in [-0.05, 0) is 36.4 Å². The van der Waals surface area contributed by atoms with Gasteiger partial charge in [0.15, 0.2) is 15.7 Å². The van der Waals surface area contributed by atoms with Crippen LogP contribution in [0.2, 0.25) is 0 Å². The van der Waals surface area contributed by atoms with Gasteiger partial charge in [-0.1, -0.05) is 24.3 Å². The minimum absolute atomic E-state index is 0.0379. The van der Waals surface area contributed by atoms with Gasteiger partial charge in [0, 0.05) is 23.6 Å². The molecule has 2 aromatic heterocycles. The van der Waals surface area contributed by atoms with Crippen molar-refractivity contribution in [2.24, 2.45) is 0 Å². The lowest BCUT2D eigenvalue weighted by Crippen LogP contribution is -2.07. The van der Waals surface area contributed by atoms with Gasteiger partial charge in [-0.2, -0.15) is 26.3 Å². The number of rotatable bonds is 4. The zero-order valence-corrected chi connectivity index (χ0v) is 18.6. The molecule has 2 aromatic carbocycles. The van der Waals surface area contributed by atoms with Crippen molar-refractivity contribution in [3.63, 3.8) is 0 Å². The highest BCUT2D eigenvalue weighted by molar-refractivity contribution is 7.90. The van der Waals surface area contributed by atoms with E-state index in [2.05, 4.69) is 15.0 Å². The van der Waals surface area contributed by atoms with Gasteiger partial charge in [-0.25, -0.2) is 18.4 Å². The summed E-state index contributed by atoms with van der Waals surface area (Å²) in [6.45, 7) is 0. The third-order valence-electron chi connectivity index (χ3n) is 5.04. The lowest BCUT2D eigenvalue weighted by molar-refractivity contribution is -0.138. The molecule has 12 heteroatoms. The Hall–Kier alpha value is -3.67. The standard InChI is InChI=1S/C23H15F6N3O2S/c1-35(33,34)17-4-2-3-14(9-17)20-12-30-21(32-20)19-11-16(23(27,28)29)10-18(31-19)13-5-7-15(8-6-13)22(24,25)26/h2-12H,1H3,(H,30,32). The van der Waals surface area contributed by atoms with Crippen molar-refractivity contribution in [1.82, 2.24) is 15.0 Å². The molecule has 0 aliphatic rings. The quantitative estimate of drug-likeness (QED) is 0.329. The highest BCUT2D eigenvalue weighted by Gasteiger charge is 2.33. The SMILES string of the molecule is CS(=O)(=O)c1cccc(-c2c[nH]c(-c3cc(C(F)(F)F)cc(-c4ccc(C(F)(F)F)cc4)n3)n2)c1. The second-order valence-electron chi connectivity index (χ2n) is 7.63. The molecule has 0 radical (unpaired) electrons. The molecule has 0 saturated carbocycles. The van der Waals surface area contributed by atoms with Crippen molar-refractivity contribution >= 4 is 9.84 Å². The molecule has 0 fully saturated rings.